The van der Waals surface area contributed by atoms with E-state index in [1.165, 1.54) is 6.07 Å². The van der Waals surface area contributed by atoms with Gasteiger partial charge in [-0.3, -0.25) is 9.78 Å². The lowest BCUT2D eigenvalue weighted by atomic mass is 10.2. The maximum atomic E-state index is 11.0. The van der Waals surface area contributed by atoms with Crippen LogP contribution in [0.25, 0.3) is 0 Å². The molecule has 2 N–H and O–H groups in total. The number of hydrogen-bond acceptors (Lipinski definition) is 4. The number of aromatic nitrogens is 2. The molecular weight excluding hydrogens is 188 g/mol. The predicted octanol–water partition coefficient (Wildman–Crippen LogP) is 0.326. The number of nitro groups is 1. The molecule has 0 aliphatic rings. The van der Waals surface area contributed by atoms with E-state index in [1.807, 2.05) is 6.92 Å². The standard InChI is InChI=1S/C7H10N4O3/c1-2-3-5-4-6(12)9-7(8-5)10-11(13)14/h4H,2-3H2,1H3,(H2,8,9,10,12). The maximum Gasteiger partial charge on any atom is 0.265 e. The lowest BCUT2D eigenvalue weighted by Gasteiger charge is -1.99. The molecule has 7 heteroatoms. The number of rotatable bonds is 4. The van der Waals surface area contributed by atoms with Gasteiger partial charge in [0.1, 0.15) is 0 Å². The SMILES string of the molecule is CCCc1cc(=O)[nH]c(N[N+](=O)[O-])n1. The van der Waals surface area contributed by atoms with Gasteiger partial charge in [-0.1, -0.05) is 18.8 Å². The highest BCUT2D eigenvalue weighted by Crippen LogP contribution is 1.99. The van der Waals surface area contributed by atoms with Gasteiger partial charge in [-0.05, 0) is 6.42 Å². The minimum absolute atomic E-state index is 0.133. The third-order valence-corrected chi connectivity index (χ3v) is 1.50. The molecule has 14 heavy (non-hydrogen) atoms. The van der Waals surface area contributed by atoms with E-state index >= 15 is 0 Å². The predicted molar refractivity (Wildman–Crippen MR) is 49.5 cm³/mol. The molecule has 0 saturated carbocycles. The summed E-state index contributed by atoms with van der Waals surface area (Å²) in [5, 5.41) is 9.31. The molecule has 0 aliphatic heterocycles. The van der Waals surface area contributed by atoms with Crippen molar-refractivity contribution < 1.29 is 5.03 Å². The van der Waals surface area contributed by atoms with E-state index in [4.69, 9.17) is 0 Å². The van der Waals surface area contributed by atoms with Crippen molar-refractivity contribution in [1.29, 1.82) is 0 Å². The Hall–Kier alpha value is -1.92. The zero-order valence-electron chi connectivity index (χ0n) is 7.61. The van der Waals surface area contributed by atoms with Crippen LogP contribution in [0.3, 0.4) is 0 Å². The third-order valence-electron chi connectivity index (χ3n) is 1.50. The first-order chi connectivity index (χ1) is 6.61. The summed E-state index contributed by atoms with van der Waals surface area (Å²) in [5.74, 6) is -0.133. The average Bonchev–Trinajstić information content (AvgIpc) is 2.01. The van der Waals surface area contributed by atoms with Gasteiger partial charge in [0.25, 0.3) is 11.5 Å². The van der Waals surface area contributed by atoms with Crippen molar-refractivity contribution in [2.45, 2.75) is 19.8 Å². The van der Waals surface area contributed by atoms with Crippen LogP contribution < -0.4 is 11.0 Å². The monoisotopic (exact) mass is 198 g/mol. The number of H-pyrrole nitrogens is 1. The Morgan fingerprint density at radius 1 is 1.71 bits per heavy atom. The van der Waals surface area contributed by atoms with Crippen LogP contribution in [0, 0.1) is 10.1 Å². The van der Waals surface area contributed by atoms with Crippen molar-refractivity contribution in [1.82, 2.24) is 9.97 Å². The zero-order chi connectivity index (χ0) is 10.6. The number of aryl methyl sites for hydroxylation is 1. The number of hydrogen-bond donors (Lipinski definition) is 2. The molecule has 0 bridgehead atoms. The van der Waals surface area contributed by atoms with E-state index in [0.29, 0.717) is 12.1 Å². The van der Waals surface area contributed by atoms with Crippen LogP contribution in [-0.4, -0.2) is 15.0 Å². The van der Waals surface area contributed by atoms with Crippen molar-refractivity contribution in [3.05, 3.63) is 32.2 Å². The fourth-order valence-electron chi connectivity index (χ4n) is 1.03. The number of nitrogens with zero attached hydrogens (tertiary/aromatic N) is 2. The summed E-state index contributed by atoms with van der Waals surface area (Å²) in [5.41, 5.74) is 1.95. The van der Waals surface area contributed by atoms with Gasteiger partial charge in [0.15, 0.2) is 5.03 Å². The summed E-state index contributed by atoms with van der Waals surface area (Å²) in [6, 6.07) is 1.33. The summed E-state index contributed by atoms with van der Waals surface area (Å²) in [7, 11) is 0. The van der Waals surface area contributed by atoms with E-state index in [1.54, 1.807) is 5.43 Å². The highest BCUT2D eigenvalue weighted by Gasteiger charge is 2.04. The van der Waals surface area contributed by atoms with Crippen molar-refractivity contribution in [2.24, 2.45) is 0 Å². The first kappa shape index (κ1) is 10.2. The zero-order valence-corrected chi connectivity index (χ0v) is 7.61. The van der Waals surface area contributed by atoms with Crippen molar-refractivity contribution >= 4 is 5.95 Å². The number of anilines is 1. The lowest BCUT2D eigenvalue weighted by molar-refractivity contribution is -0.446. The smallest absolute Gasteiger partial charge is 0.265 e. The minimum atomic E-state index is -0.770. The van der Waals surface area contributed by atoms with Crippen LogP contribution >= 0.6 is 0 Å². The first-order valence-corrected chi connectivity index (χ1v) is 4.13. The molecule has 0 fully saturated rings. The first-order valence-electron chi connectivity index (χ1n) is 4.13. The molecule has 0 unspecified atom stereocenters. The molecule has 0 spiro atoms. The Morgan fingerprint density at radius 3 is 3.00 bits per heavy atom. The van der Waals surface area contributed by atoms with Crippen molar-refractivity contribution in [2.75, 3.05) is 5.43 Å². The van der Waals surface area contributed by atoms with Crippen molar-refractivity contribution in [3.63, 3.8) is 0 Å². The second kappa shape index (κ2) is 4.35. The van der Waals surface area contributed by atoms with Crippen LogP contribution in [-0.2, 0) is 6.42 Å². The van der Waals surface area contributed by atoms with Gasteiger partial charge in [0.2, 0.25) is 0 Å². The number of hydrazine groups is 1. The second-order valence-electron chi connectivity index (χ2n) is 2.70. The van der Waals surface area contributed by atoms with E-state index in [9.17, 15) is 14.9 Å². The molecular formula is C7H10N4O3. The molecule has 1 rings (SSSR count). The number of aromatic amines is 1. The quantitative estimate of drug-likeness (QED) is 0.536. The van der Waals surface area contributed by atoms with Crippen LogP contribution in [0.2, 0.25) is 0 Å². The van der Waals surface area contributed by atoms with E-state index in [-0.39, 0.29) is 5.95 Å². The molecule has 0 amide bonds. The molecule has 76 valence electrons. The van der Waals surface area contributed by atoms with Gasteiger partial charge in [-0.25, -0.2) is 15.1 Å². The lowest BCUT2D eigenvalue weighted by Crippen LogP contribution is -2.17. The van der Waals surface area contributed by atoms with Gasteiger partial charge in [-0.2, -0.15) is 0 Å². The van der Waals surface area contributed by atoms with Gasteiger partial charge in [0.05, 0.1) is 0 Å². The summed E-state index contributed by atoms with van der Waals surface area (Å²) in [6.07, 6.45) is 1.45. The molecule has 0 atom stereocenters. The summed E-state index contributed by atoms with van der Waals surface area (Å²) < 4.78 is 0. The highest BCUT2D eigenvalue weighted by atomic mass is 16.7. The van der Waals surface area contributed by atoms with Gasteiger partial charge in [-0.15, -0.1) is 0 Å². The normalized spacial score (nSPS) is 9.79. The Balaban J connectivity index is 2.94. The van der Waals surface area contributed by atoms with E-state index < -0.39 is 10.6 Å². The summed E-state index contributed by atoms with van der Waals surface area (Å²) in [6.45, 7) is 1.93. The van der Waals surface area contributed by atoms with Crippen LogP contribution in [0.15, 0.2) is 10.9 Å². The molecule has 0 saturated heterocycles. The topological polar surface area (TPSA) is 101 Å². The van der Waals surface area contributed by atoms with Gasteiger partial charge < -0.3 is 0 Å². The van der Waals surface area contributed by atoms with Crippen molar-refractivity contribution in [3.8, 4) is 0 Å². The highest BCUT2D eigenvalue weighted by molar-refractivity contribution is 5.21. The van der Waals surface area contributed by atoms with Crippen LogP contribution in [0.5, 0.6) is 0 Å². The number of nitrogens with one attached hydrogen (secondary N) is 2. The largest absolute Gasteiger partial charge is 0.288 e. The second-order valence-corrected chi connectivity index (χ2v) is 2.70. The molecule has 0 aromatic carbocycles. The van der Waals surface area contributed by atoms with Crippen LogP contribution in [0.4, 0.5) is 5.95 Å². The molecule has 7 nitrogen and oxygen atoms in total. The third kappa shape index (κ3) is 2.85. The van der Waals surface area contributed by atoms with Gasteiger partial charge in [0, 0.05) is 11.8 Å². The average molecular weight is 198 g/mol. The fourth-order valence-corrected chi connectivity index (χ4v) is 1.03. The van der Waals surface area contributed by atoms with E-state index in [0.717, 1.165) is 6.42 Å². The van der Waals surface area contributed by atoms with Crippen LogP contribution in [0.1, 0.15) is 19.0 Å². The molecule has 0 aliphatic carbocycles. The Kier molecular flexibility index (Phi) is 3.16. The molecule has 1 aromatic rings. The fraction of sp³-hybridized carbons (Fsp3) is 0.429. The minimum Gasteiger partial charge on any atom is -0.288 e. The Labute approximate surface area is 79.3 Å². The summed E-state index contributed by atoms with van der Waals surface area (Å²) >= 11 is 0. The Morgan fingerprint density at radius 2 is 2.43 bits per heavy atom. The summed E-state index contributed by atoms with van der Waals surface area (Å²) in [4.78, 5) is 27.2. The molecule has 0 radical (unpaired) electrons. The van der Waals surface area contributed by atoms with E-state index in [2.05, 4.69) is 9.97 Å². The molecule has 1 aromatic heterocycles. The van der Waals surface area contributed by atoms with Gasteiger partial charge >= 0.3 is 0 Å². The molecule has 1 heterocycles. The Bertz CT molecular complexity index is 387. The maximum absolute atomic E-state index is 11.0.